The fraction of sp³-hybridized carbons (Fsp3) is 0.562. The van der Waals surface area contributed by atoms with Gasteiger partial charge in [-0.1, -0.05) is 99.0 Å². The Bertz CT molecular complexity index is 1810. The third-order valence-electron chi connectivity index (χ3n) is 12.3. The van der Waals surface area contributed by atoms with Gasteiger partial charge in [-0.2, -0.15) is 0 Å². The summed E-state index contributed by atoms with van der Waals surface area (Å²) in [5, 5.41) is 19.0. The second kappa shape index (κ2) is 20.2. The normalized spacial score (nSPS) is 25.0. The van der Waals surface area contributed by atoms with Crippen LogP contribution in [0.5, 0.6) is 0 Å². The monoisotopic (exact) mass is 794 g/mol. The average molecular weight is 795 g/mol. The summed E-state index contributed by atoms with van der Waals surface area (Å²) in [4.78, 5) is 40.2. The molecular formula is C48H66N4O6. The lowest BCUT2D eigenvalue weighted by molar-refractivity contribution is -0.278. The number of carbonyl (C=O) groups is 3. The Hall–Kier alpha value is -4.09. The van der Waals surface area contributed by atoms with Gasteiger partial charge in [-0.3, -0.25) is 19.3 Å². The van der Waals surface area contributed by atoms with Crippen LogP contribution in [-0.4, -0.2) is 64.5 Å². The topological polar surface area (TPSA) is 129 Å². The fourth-order valence-corrected chi connectivity index (χ4v) is 9.17. The molecule has 0 radical (unpaired) electrons. The second-order valence-corrected chi connectivity index (χ2v) is 17.8. The van der Waals surface area contributed by atoms with Crippen molar-refractivity contribution < 1.29 is 29.0 Å². The van der Waals surface area contributed by atoms with E-state index in [9.17, 15) is 19.5 Å². The summed E-state index contributed by atoms with van der Waals surface area (Å²) >= 11 is 0. The first-order valence-electron chi connectivity index (χ1n) is 21.7. The van der Waals surface area contributed by atoms with Gasteiger partial charge in [-0.15, -0.1) is 0 Å². The molecule has 2 aliphatic heterocycles. The first kappa shape index (κ1) is 43.5. The SMILES string of the molecule is CC(=O)NCCCCCC(=O)NCc1ccccc1-c1ccc([C@@H]2O[C@H](CN3[C@@H](C(=O)NC(C)(C)C)CC[C@H]4CCCC[C@H]43)[C@H](C)[C@H](c3ccc(CO)cc3)O2)cc1. The molecule has 7 atom stereocenters. The van der Waals surface area contributed by atoms with E-state index in [1.54, 1.807) is 0 Å². The zero-order chi connectivity index (χ0) is 41.2. The lowest BCUT2D eigenvalue weighted by atomic mass is 9.75. The molecule has 0 spiro atoms. The van der Waals surface area contributed by atoms with Crippen LogP contribution in [-0.2, 0) is 37.0 Å². The number of rotatable bonds is 15. The standard InChI is InChI=1S/C48H66N4O6/c1-32-43(30-52-41-16-11-9-13-36(41)26-27-42(52)46(56)51-48(3,4)5)57-47(58-45(32)37-20-18-34(31-53)19-21-37)38-24-22-35(23-25-38)40-15-10-8-14-39(40)29-50-44(55)17-7-6-12-28-49-33(2)54/h8,10,14-15,18-25,32,36,41-43,45,47,53H,6-7,9,11-13,16-17,26-31H2,1-5H3,(H,49,54)(H,50,55)(H,51,56)/t32-,36+,41+,42+,43+,45+,47+/m0/s1. The molecule has 0 aromatic heterocycles. The molecule has 4 N–H and O–H groups in total. The van der Waals surface area contributed by atoms with Crippen LogP contribution < -0.4 is 16.0 Å². The molecule has 1 aliphatic carbocycles. The number of piperidine rings is 1. The van der Waals surface area contributed by atoms with Gasteiger partial charge in [0, 0.05) is 56.0 Å². The molecule has 3 fully saturated rings. The first-order chi connectivity index (χ1) is 27.9. The molecule has 2 saturated heterocycles. The number of nitrogens with zero attached hydrogens (tertiary/aromatic N) is 1. The molecule has 6 rings (SSSR count). The largest absolute Gasteiger partial charge is 0.392 e. The zero-order valence-corrected chi connectivity index (χ0v) is 35.3. The highest BCUT2D eigenvalue weighted by Gasteiger charge is 2.46. The van der Waals surface area contributed by atoms with E-state index in [0.29, 0.717) is 38.0 Å². The highest BCUT2D eigenvalue weighted by atomic mass is 16.7. The summed E-state index contributed by atoms with van der Waals surface area (Å²) < 4.78 is 13.9. The summed E-state index contributed by atoms with van der Waals surface area (Å²) in [7, 11) is 0. The van der Waals surface area contributed by atoms with Crippen LogP contribution in [0.1, 0.15) is 133 Å². The maximum absolute atomic E-state index is 13.9. The number of ether oxygens (including phenoxy) is 2. The summed E-state index contributed by atoms with van der Waals surface area (Å²) in [6, 6.07) is 24.7. The second-order valence-electron chi connectivity index (χ2n) is 17.8. The van der Waals surface area contributed by atoms with Gasteiger partial charge < -0.3 is 30.5 Å². The van der Waals surface area contributed by atoms with E-state index >= 15 is 0 Å². The molecular weight excluding hydrogens is 729 g/mol. The van der Waals surface area contributed by atoms with E-state index in [1.165, 1.54) is 26.2 Å². The summed E-state index contributed by atoms with van der Waals surface area (Å²) in [5.41, 5.74) is 5.61. The van der Waals surface area contributed by atoms with E-state index in [0.717, 1.165) is 71.9 Å². The molecule has 10 heteroatoms. The molecule has 3 aliphatic rings. The number of fused-ring (bicyclic) bond motifs is 1. The number of hydrogen-bond donors (Lipinski definition) is 4. The smallest absolute Gasteiger partial charge is 0.237 e. The molecule has 3 amide bonds. The lowest BCUT2D eigenvalue weighted by Gasteiger charge is -2.51. The van der Waals surface area contributed by atoms with Crippen molar-refractivity contribution in [2.24, 2.45) is 11.8 Å². The molecule has 0 unspecified atom stereocenters. The van der Waals surface area contributed by atoms with Crippen molar-refractivity contribution in [1.29, 1.82) is 0 Å². The van der Waals surface area contributed by atoms with E-state index in [-0.39, 0.29) is 54.0 Å². The number of hydrogen-bond acceptors (Lipinski definition) is 7. The maximum atomic E-state index is 13.9. The Balaban J connectivity index is 1.20. The first-order valence-corrected chi connectivity index (χ1v) is 21.7. The fourth-order valence-electron chi connectivity index (χ4n) is 9.17. The van der Waals surface area contributed by atoms with Gasteiger partial charge in [0.05, 0.1) is 24.9 Å². The Morgan fingerprint density at radius 3 is 2.28 bits per heavy atom. The van der Waals surface area contributed by atoms with Gasteiger partial charge in [0.2, 0.25) is 17.7 Å². The van der Waals surface area contributed by atoms with Gasteiger partial charge in [0.25, 0.3) is 0 Å². The Morgan fingerprint density at radius 1 is 0.828 bits per heavy atom. The number of aliphatic hydroxyl groups excluding tert-OH is 1. The molecule has 58 heavy (non-hydrogen) atoms. The summed E-state index contributed by atoms with van der Waals surface area (Å²) in [6.07, 6.45) is 8.58. The van der Waals surface area contributed by atoms with Gasteiger partial charge in [-0.25, -0.2) is 0 Å². The molecule has 3 aromatic carbocycles. The number of unbranched alkanes of at least 4 members (excludes halogenated alkanes) is 2. The minimum absolute atomic E-state index is 0.00313. The van der Waals surface area contributed by atoms with E-state index in [4.69, 9.17) is 9.47 Å². The molecule has 3 aromatic rings. The van der Waals surface area contributed by atoms with Crippen LogP contribution in [0.4, 0.5) is 0 Å². The van der Waals surface area contributed by atoms with Crippen molar-refractivity contribution in [3.05, 3.63) is 95.1 Å². The average Bonchev–Trinajstić information content (AvgIpc) is 3.21. The van der Waals surface area contributed by atoms with E-state index < -0.39 is 6.29 Å². The number of carbonyl (C=O) groups excluding carboxylic acids is 3. The van der Waals surface area contributed by atoms with Crippen molar-refractivity contribution in [2.75, 3.05) is 13.1 Å². The minimum atomic E-state index is -0.626. The van der Waals surface area contributed by atoms with Gasteiger partial charge >= 0.3 is 0 Å². The number of benzene rings is 3. The number of aliphatic hydroxyl groups is 1. The van der Waals surface area contributed by atoms with Crippen molar-refractivity contribution in [3.63, 3.8) is 0 Å². The van der Waals surface area contributed by atoms with Crippen LogP contribution in [0.15, 0.2) is 72.8 Å². The van der Waals surface area contributed by atoms with Gasteiger partial charge in [0.15, 0.2) is 6.29 Å². The van der Waals surface area contributed by atoms with Crippen molar-refractivity contribution in [1.82, 2.24) is 20.9 Å². The third-order valence-corrected chi connectivity index (χ3v) is 12.3. The van der Waals surface area contributed by atoms with Crippen LogP contribution in [0, 0.1) is 11.8 Å². The molecule has 1 saturated carbocycles. The molecule has 10 nitrogen and oxygen atoms in total. The minimum Gasteiger partial charge on any atom is -0.392 e. The summed E-state index contributed by atoms with van der Waals surface area (Å²) in [5.74, 6) is 0.686. The van der Waals surface area contributed by atoms with Crippen molar-refractivity contribution in [2.45, 2.75) is 148 Å². The lowest BCUT2D eigenvalue weighted by Crippen LogP contribution is -2.61. The Morgan fingerprint density at radius 2 is 1.55 bits per heavy atom. The van der Waals surface area contributed by atoms with Crippen LogP contribution in [0.2, 0.25) is 0 Å². The van der Waals surface area contributed by atoms with E-state index in [2.05, 4.69) is 76.3 Å². The van der Waals surface area contributed by atoms with Gasteiger partial charge in [-0.05, 0) is 93.0 Å². The van der Waals surface area contributed by atoms with E-state index in [1.807, 2.05) is 45.0 Å². The van der Waals surface area contributed by atoms with Crippen LogP contribution >= 0.6 is 0 Å². The van der Waals surface area contributed by atoms with Crippen molar-refractivity contribution in [3.8, 4) is 11.1 Å². The van der Waals surface area contributed by atoms with Crippen molar-refractivity contribution >= 4 is 17.7 Å². The summed E-state index contributed by atoms with van der Waals surface area (Å²) in [6.45, 7) is 11.6. The Kier molecular flexibility index (Phi) is 15.2. The zero-order valence-electron chi connectivity index (χ0n) is 35.3. The molecule has 0 bridgehead atoms. The highest BCUT2D eigenvalue weighted by Crippen LogP contribution is 2.44. The number of amides is 3. The molecule has 2 heterocycles. The predicted octanol–water partition coefficient (Wildman–Crippen LogP) is 7.89. The van der Waals surface area contributed by atoms with Crippen LogP contribution in [0.3, 0.4) is 0 Å². The quantitative estimate of drug-likeness (QED) is 0.115. The number of nitrogens with one attached hydrogen (secondary N) is 3. The Labute approximate surface area is 345 Å². The highest BCUT2D eigenvalue weighted by molar-refractivity contribution is 5.82. The van der Waals surface area contributed by atoms with Crippen LogP contribution in [0.25, 0.3) is 11.1 Å². The predicted molar refractivity (Wildman–Crippen MR) is 227 cm³/mol. The third kappa shape index (κ3) is 11.6. The maximum Gasteiger partial charge on any atom is 0.237 e. The van der Waals surface area contributed by atoms with Gasteiger partial charge in [0.1, 0.15) is 0 Å². The molecule has 314 valence electrons. The number of likely N-dealkylation sites (tertiary alicyclic amines) is 1.